The lowest BCUT2D eigenvalue weighted by molar-refractivity contribution is 0.825. The summed E-state index contributed by atoms with van der Waals surface area (Å²) >= 11 is 0. The molecule has 4 aromatic rings. The molecule has 9 nitrogen and oxygen atoms in total. The van der Waals surface area contributed by atoms with Crippen molar-refractivity contribution in [2.45, 2.75) is 25.3 Å². The summed E-state index contributed by atoms with van der Waals surface area (Å²) in [7, 11) is 0. The number of aromatic nitrogens is 8. The summed E-state index contributed by atoms with van der Waals surface area (Å²) < 4.78 is 3.39. The van der Waals surface area contributed by atoms with Gasteiger partial charge in [-0.3, -0.25) is 0 Å². The van der Waals surface area contributed by atoms with Crippen LogP contribution in [0.25, 0.3) is 11.5 Å². The van der Waals surface area contributed by atoms with Crippen LogP contribution in [0.5, 0.6) is 0 Å². The van der Waals surface area contributed by atoms with Gasteiger partial charge in [0.1, 0.15) is 19.0 Å². The van der Waals surface area contributed by atoms with Gasteiger partial charge in [-0.05, 0) is 25.0 Å². The normalized spacial score (nSPS) is 14.1. The molecule has 25 heavy (non-hydrogen) atoms. The van der Waals surface area contributed by atoms with Gasteiger partial charge >= 0.3 is 0 Å². The van der Waals surface area contributed by atoms with Crippen LogP contribution in [-0.2, 0) is 6.54 Å². The van der Waals surface area contributed by atoms with Gasteiger partial charge < -0.3 is 5.32 Å². The summed E-state index contributed by atoms with van der Waals surface area (Å²) in [5.74, 6) is 1.30. The van der Waals surface area contributed by atoms with Gasteiger partial charge in [-0.25, -0.2) is 14.6 Å². The van der Waals surface area contributed by atoms with E-state index in [0.29, 0.717) is 12.5 Å². The monoisotopic (exact) mass is 333 g/mol. The third-order valence-corrected chi connectivity index (χ3v) is 4.25. The van der Waals surface area contributed by atoms with Gasteiger partial charge in [0.2, 0.25) is 5.65 Å². The van der Waals surface area contributed by atoms with Gasteiger partial charge in [0.15, 0.2) is 5.82 Å². The van der Waals surface area contributed by atoms with Crippen molar-refractivity contribution >= 4 is 11.3 Å². The topological polar surface area (TPSA) is 98.7 Å². The molecule has 9 heteroatoms. The molecule has 0 spiro atoms. The Morgan fingerprint density at radius 1 is 1.24 bits per heavy atom. The highest BCUT2D eigenvalue weighted by atomic mass is 15.4. The number of rotatable bonds is 5. The number of anilines is 1. The predicted octanol–water partition coefficient (Wildman–Crippen LogP) is 1.59. The molecule has 0 amide bonds. The van der Waals surface area contributed by atoms with Gasteiger partial charge in [0, 0.05) is 24.2 Å². The average molecular weight is 333 g/mol. The van der Waals surface area contributed by atoms with Crippen molar-refractivity contribution in [2.75, 3.05) is 5.32 Å². The van der Waals surface area contributed by atoms with Crippen molar-refractivity contribution in [3.63, 3.8) is 0 Å². The Hall–Kier alpha value is -3.36. The summed E-state index contributed by atoms with van der Waals surface area (Å²) in [5, 5.41) is 20.3. The Morgan fingerprint density at radius 2 is 2.20 bits per heavy atom. The van der Waals surface area contributed by atoms with E-state index in [9.17, 15) is 0 Å². The number of nitrogens with zero attached hydrogens (tertiary/aromatic N) is 8. The number of hydrogen-bond acceptors (Lipinski definition) is 7. The van der Waals surface area contributed by atoms with Crippen LogP contribution >= 0.6 is 0 Å². The highest BCUT2D eigenvalue weighted by molar-refractivity contribution is 5.67. The van der Waals surface area contributed by atoms with E-state index >= 15 is 0 Å². The molecule has 0 aliphatic heterocycles. The van der Waals surface area contributed by atoms with E-state index in [1.165, 1.54) is 19.2 Å². The molecule has 0 bridgehead atoms. The lowest BCUT2D eigenvalue weighted by Crippen LogP contribution is -2.09. The standard InChI is InChI=1S/C16H15N9/c1-2-12(15(18-5-1)24-9-17-8-21-24)7-19-14-6-13(11-3-4-11)23-25-10-20-22-16(14)25/h1-2,5-6,8-11,19H,3-4,7H2. The Kier molecular flexibility index (Phi) is 3.15. The third-order valence-electron chi connectivity index (χ3n) is 4.25. The number of fused-ring (bicyclic) bond motifs is 1. The zero-order chi connectivity index (χ0) is 16.6. The fraction of sp³-hybridized carbons (Fsp3) is 0.250. The van der Waals surface area contributed by atoms with Crippen molar-refractivity contribution in [1.29, 1.82) is 0 Å². The molecule has 0 atom stereocenters. The summed E-state index contributed by atoms with van der Waals surface area (Å²) in [6, 6.07) is 6.00. The van der Waals surface area contributed by atoms with Crippen LogP contribution in [0.2, 0.25) is 0 Å². The van der Waals surface area contributed by atoms with Gasteiger partial charge in [0.25, 0.3) is 0 Å². The number of hydrogen-bond donors (Lipinski definition) is 1. The predicted molar refractivity (Wildman–Crippen MR) is 89.2 cm³/mol. The molecule has 0 radical (unpaired) electrons. The van der Waals surface area contributed by atoms with Crippen LogP contribution in [0.1, 0.15) is 30.0 Å². The highest BCUT2D eigenvalue weighted by Crippen LogP contribution is 2.39. The SMILES string of the molecule is c1cnc(-n2cncn2)c(CNc2cc(C3CC3)nn3cnnc23)c1. The third kappa shape index (κ3) is 2.59. The Bertz CT molecular complexity index is 1020. The number of nitrogens with one attached hydrogen (secondary N) is 1. The van der Waals surface area contributed by atoms with Crippen molar-refractivity contribution in [2.24, 2.45) is 0 Å². The minimum Gasteiger partial charge on any atom is -0.378 e. The Labute approximate surface area is 142 Å². The Balaban J connectivity index is 1.47. The molecule has 0 saturated heterocycles. The lowest BCUT2D eigenvalue weighted by atomic mass is 10.2. The molecule has 5 rings (SSSR count). The minimum atomic E-state index is 0.552. The smallest absolute Gasteiger partial charge is 0.200 e. The summed E-state index contributed by atoms with van der Waals surface area (Å²) in [4.78, 5) is 8.41. The first kappa shape index (κ1) is 14.0. The molecule has 1 aliphatic rings. The zero-order valence-corrected chi connectivity index (χ0v) is 13.3. The zero-order valence-electron chi connectivity index (χ0n) is 13.3. The summed E-state index contributed by atoms with van der Waals surface area (Å²) in [6.45, 7) is 0.583. The van der Waals surface area contributed by atoms with Crippen LogP contribution in [0.4, 0.5) is 5.69 Å². The minimum absolute atomic E-state index is 0.552. The molecule has 1 fully saturated rings. The van der Waals surface area contributed by atoms with Crippen molar-refractivity contribution in [3.05, 3.63) is 54.6 Å². The maximum atomic E-state index is 4.59. The van der Waals surface area contributed by atoms with E-state index in [1.807, 2.05) is 12.1 Å². The van der Waals surface area contributed by atoms with Gasteiger partial charge in [-0.2, -0.15) is 14.7 Å². The van der Waals surface area contributed by atoms with E-state index in [4.69, 9.17) is 0 Å². The largest absolute Gasteiger partial charge is 0.378 e. The van der Waals surface area contributed by atoms with Crippen LogP contribution in [-0.4, -0.2) is 39.6 Å². The van der Waals surface area contributed by atoms with Crippen molar-refractivity contribution in [3.8, 4) is 5.82 Å². The van der Waals surface area contributed by atoms with E-state index in [2.05, 4.69) is 41.7 Å². The second-order valence-electron chi connectivity index (χ2n) is 6.04. The average Bonchev–Trinajstić information content (AvgIpc) is 3.16. The van der Waals surface area contributed by atoms with Gasteiger partial charge in [0.05, 0.1) is 11.4 Å². The molecule has 4 aromatic heterocycles. The molecule has 1 N–H and O–H groups in total. The quantitative estimate of drug-likeness (QED) is 0.592. The first-order valence-electron chi connectivity index (χ1n) is 8.12. The van der Waals surface area contributed by atoms with Crippen LogP contribution < -0.4 is 5.32 Å². The van der Waals surface area contributed by atoms with Crippen LogP contribution in [0, 0.1) is 0 Å². The summed E-state index contributed by atoms with van der Waals surface area (Å²) in [6.07, 6.45) is 8.90. The highest BCUT2D eigenvalue weighted by Gasteiger charge is 2.26. The molecule has 4 heterocycles. The van der Waals surface area contributed by atoms with E-state index in [1.54, 1.807) is 28.0 Å². The second kappa shape index (κ2) is 5.62. The second-order valence-corrected chi connectivity index (χ2v) is 6.04. The van der Waals surface area contributed by atoms with E-state index < -0.39 is 0 Å². The fourth-order valence-electron chi connectivity index (χ4n) is 2.84. The maximum absolute atomic E-state index is 4.59. The van der Waals surface area contributed by atoms with Crippen molar-refractivity contribution in [1.82, 2.24) is 39.6 Å². The Morgan fingerprint density at radius 3 is 3.04 bits per heavy atom. The molecule has 1 saturated carbocycles. The van der Waals surface area contributed by atoms with Crippen molar-refractivity contribution < 1.29 is 0 Å². The molecule has 0 unspecified atom stereocenters. The van der Waals surface area contributed by atoms with E-state index in [0.717, 1.165) is 28.4 Å². The fourth-order valence-corrected chi connectivity index (χ4v) is 2.84. The molecular weight excluding hydrogens is 318 g/mol. The van der Waals surface area contributed by atoms with Crippen LogP contribution in [0.3, 0.4) is 0 Å². The molecule has 124 valence electrons. The molecule has 0 aromatic carbocycles. The lowest BCUT2D eigenvalue weighted by Gasteiger charge is -2.11. The van der Waals surface area contributed by atoms with E-state index in [-0.39, 0.29) is 0 Å². The summed E-state index contributed by atoms with van der Waals surface area (Å²) in [5.41, 5.74) is 3.73. The first-order valence-corrected chi connectivity index (χ1v) is 8.12. The van der Waals surface area contributed by atoms with Crippen LogP contribution in [0.15, 0.2) is 43.4 Å². The van der Waals surface area contributed by atoms with Gasteiger partial charge in [-0.15, -0.1) is 10.2 Å². The molecule has 1 aliphatic carbocycles. The van der Waals surface area contributed by atoms with Gasteiger partial charge in [-0.1, -0.05) is 6.07 Å². The first-order chi connectivity index (χ1) is 12.4. The number of pyridine rings is 1. The maximum Gasteiger partial charge on any atom is 0.200 e. The molecular formula is C16H15N9.